The highest BCUT2D eigenvalue weighted by Gasteiger charge is 2.50. The predicted molar refractivity (Wildman–Crippen MR) is 93.1 cm³/mol. The summed E-state index contributed by atoms with van der Waals surface area (Å²) in [6, 6.07) is 2.82. The van der Waals surface area contributed by atoms with Crippen LogP contribution in [0.4, 0.5) is 0 Å². The molecule has 0 amide bonds. The van der Waals surface area contributed by atoms with Crippen LogP contribution in [0.3, 0.4) is 0 Å². The van der Waals surface area contributed by atoms with Crippen LogP contribution in [0, 0.1) is 11.8 Å². The number of unbranched alkanes of at least 4 members (excludes halogenated alkanes) is 2. The molecule has 5 atom stereocenters. The van der Waals surface area contributed by atoms with Gasteiger partial charge in [0.15, 0.2) is 0 Å². The van der Waals surface area contributed by atoms with Crippen molar-refractivity contribution in [2.24, 2.45) is 11.8 Å². The van der Waals surface area contributed by atoms with Gasteiger partial charge in [0.25, 0.3) is 0 Å². The topological polar surface area (TPSA) is 6.48 Å². The first-order valence-corrected chi connectivity index (χ1v) is 10.4. The van der Waals surface area contributed by atoms with Gasteiger partial charge in [-0.3, -0.25) is 9.80 Å². The maximum Gasteiger partial charge on any atom is 0.0142 e. The fourth-order valence-electron chi connectivity index (χ4n) is 6.43. The second kappa shape index (κ2) is 6.81. The van der Waals surface area contributed by atoms with Gasteiger partial charge in [-0.25, -0.2) is 0 Å². The molecule has 0 unspecified atom stereocenters. The van der Waals surface area contributed by atoms with E-state index in [1.165, 1.54) is 83.8 Å². The third kappa shape index (κ3) is 2.75. The molecule has 22 heavy (non-hydrogen) atoms. The number of fused-ring (bicyclic) bond motifs is 6. The quantitative estimate of drug-likeness (QED) is 0.715. The third-order valence-corrected chi connectivity index (χ3v) is 7.36. The lowest BCUT2D eigenvalue weighted by atomic mass is 9.66. The Kier molecular flexibility index (Phi) is 4.78. The van der Waals surface area contributed by atoms with Crippen molar-refractivity contribution in [2.45, 2.75) is 95.7 Å². The number of hydrogen-bond acceptors (Lipinski definition) is 2. The van der Waals surface area contributed by atoms with Crippen LogP contribution in [0.5, 0.6) is 0 Å². The molecule has 0 saturated carbocycles. The minimum absolute atomic E-state index is 0.930. The van der Waals surface area contributed by atoms with Crippen LogP contribution in [-0.2, 0) is 0 Å². The van der Waals surface area contributed by atoms with Crippen molar-refractivity contribution in [1.29, 1.82) is 0 Å². The summed E-state index contributed by atoms with van der Waals surface area (Å²) in [4.78, 5) is 5.96. The zero-order valence-corrected chi connectivity index (χ0v) is 14.7. The van der Waals surface area contributed by atoms with Crippen molar-refractivity contribution in [3.8, 4) is 0 Å². The molecule has 2 bridgehead atoms. The molecule has 0 aliphatic carbocycles. The van der Waals surface area contributed by atoms with Crippen LogP contribution < -0.4 is 0 Å². The van der Waals surface area contributed by atoms with Crippen molar-refractivity contribution in [2.75, 3.05) is 19.6 Å². The Morgan fingerprint density at radius 3 is 2.59 bits per heavy atom. The molecule has 4 fully saturated rings. The molecule has 0 spiro atoms. The van der Waals surface area contributed by atoms with E-state index in [1.807, 2.05) is 0 Å². The molecule has 4 heterocycles. The van der Waals surface area contributed by atoms with Gasteiger partial charge in [-0.2, -0.15) is 0 Å². The van der Waals surface area contributed by atoms with Crippen LogP contribution >= 0.6 is 0 Å². The summed E-state index contributed by atoms with van der Waals surface area (Å²) in [6.07, 6.45) is 16.3. The summed E-state index contributed by atoms with van der Waals surface area (Å²) >= 11 is 0. The largest absolute Gasteiger partial charge is 0.300 e. The van der Waals surface area contributed by atoms with E-state index in [4.69, 9.17) is 0 Å². The second-order valence-corrected chi connectivity index (χ2v) is 8.58. The van der Waals surface area contributed by atoms with Gasteiger partial charge in [-0.15, -0.1) is 0 Å². The number of piperidine rings is 4. The van der Waals surface area contributed by atoms with Gasteiger partial charge in [0.1, 0.15) is 0 Å². The summed E-state index contributed by atoms with van der Waals surface area (Å²) in [7, 11) is 0. The molecule has 0 aromatic carbocycles. The van der Waals surface area contributed by atoms with E-state index in [9.17, 15) is 0 Å². The smallest absolute Gasteiger partial charge is 0.0142 e. The summed E-state index contributed by atoms with van der Waals surface area (Å²) in [5, 5.41) is 0. The molecule has 4 rings (SSSR count). The molecule has 0 radical (unpaired) electrons. The SMILES string of the molecule is CCCCC[C@@H]1[C@@H]2C[C@@H](CN3CCCC[C@H]23)[C@@H]2CCCCN12. The van der Waals surface area contributed by atoms with Crippen molar-refractivity contribution < 1.29 is 0 Å². The monoisotopic (exact) mass is 304 g/mol. The maximum atomic E-state index is 3.03. The van der Waals surface area contributed by atoms with Gasteiger partial charge in [0, 0.05) is 24.7 Å². The van der Waals surface area contributed by atoms with Crippen molar-refractivity contribution >= 4 is 0 Å². The van der Waals surface area contributed by atoms with E-state index in [2.05, 4.69) is 16.7 Å². The summed E-state index contributed by atoms with van der Waals surface area (Å²) in [5.74, 6) is 2.01. The predicted octanol–water partition coefficient (Wildman–Crippen LogP) is 4.29. The normalized spacial score (nSPS) is 42.7. The Morgan fingerprint density at radius 1 is 0.909 bits per heavy atom. The molecular weight excluding hydrogens is 268 g/mol. The van der Waals surface area contributed by atoms with Gasteiger partial charge in [-0.1, -0.05) is 39.0 Å². The Labute approximate surface area is 137 Å². The van der Waals surface area contributed by atoms with Crippen LogP contribution in [0.25, 0.3) is 0 Å². The first-order chi connectivity index (χ1) is 10.9. The number of nitrogens with zero attached hydrogens (tertiary/aromatic N) is 2. The zero-order valence-electron chi connectivity index (χ0n) is 14.7. The highest BCUT2D eigenvalue weighted by molar-refractivity contribution is 5.05. The van der Waals surface area contributed by atoms with E-state index in [0.29, 0.717) is 0 Å². The fourth-order valence-corrected chi connectivity index (χ4v) is 6.43. The van der Waals surface area contributed by atoms with Crippen LogP contribution in [0.1, 0.15) is 77.6 Å². The molecule has 0 N–H and O–H groups in total. The highest BCUT2D eigenvalue weighted by atomic mass is 15.3. The van der Waals surface area contributed by atoms with Gasteiger partial charge >= 0.3 is 0 Å². The van der Waals surface area contributed by atoms with Gasteiger partial charge < -0.3 is 0 Å². The van der Waals surface area contributed by atoms with Crippen molar-refractivity contribution in [3.63, 3.8) is 0 Å². The summed E-state index contributed by atoms with van der Waals surface area (Å²) < 4.78 is 0. The van der Waals surface area contributed by atoms with E-state index < -0.39 is 0 Å². The average Bonchev–Trinajstić information content (AvgIpc) is 2.58. The van der Waals surface area contributed by atoms with Crippen molar-refractivity contribution in [1.82, 2.24) is 9.80 Å². The lowest BCUT2D eigenvalue weighted by molar-refractivity contribution is -0.109. The van der Waals surface area contributed by atoms with E-state index in [-0.39, 0.29) is 0 Å². The molecule has 2 nitrogen and oxygen atoms in total. The molecule has 0 aromatic heterocycles. The first kappa shape index (κ1) is 15.4. The van der Waals surface area contributed by atoms with Crippen molar-refractivity contribution in [3.05, 3.63) is 0 Å². The number of rotatable bonds is 4. The summed E-state index contributed by atoms with van der Waals surface area (Å²) in [5.41, 5.74) is 0. The summed E-state index contributed by atoms with van der Waals surface area (Å²) in [6.45, 7) is 6.61. The van der Waals surface area contributed by atoms with Gasteiger partial charge in [0.2, 0.25) is 0 Å². The van der Waals surface area contributed by atoms with E-state index in [1.54, 1.807) is 6.42 Å². The van der Waals surface area contributed by atoms with Crippen LogP contribution in [-0.4, -0.2) is 47.6 Å². The zero-order chi connectivity index (χ0) is 14.9. The molecule has 4 aliphatic rings. The lowest BCUT2D eigenvalue weighted by Crippen LogP contribution is -2.67. The fraction of sp³-hybridized carbons (Fsp3) is 1.00. The highest BCUT2D eigenvalue weighted by Crippen LogP contribution is 2.47. The Bertz CT molecular complexity index is 367. The van der Waals surface area contributed by atoms with E-state index >= 15 is 0 Å². The van der Waals surface area contributed by atoms with Gasteiger partial charge in [0.05, 0.1) is 0 Å². The lowest BCUT2D eigenvalue weighted by Gasteiger charge is -2.60. The second-order valence-electron chi connectivity index (χ2n) is 8.58. The van der Waals surface area contributed by atoms with E-state index in [0.717, 1.165) is 30.0 Å². The molecule has 4 saturated heterocycles. The van der Waals surface area contributed by atoms with Crippen LogP contribution in [0.15, 0.2) is 0 Å². The Hall–Kier alpha value is -0.0800. The molecule has 4 aliphatic heterocycles. The average molecular weight is 305 g/mol. The molecule has 2 heteroatoms. The standard InChI is InChI=1S/C20H36N2/c1-2-3-4-11-20-17-14-16(18-9-6-8-13-22(18)20)15-21-12-7-5-10-19(17)21/h16-20H,2-15H2,1H3/t16-,17+,18-,19+,20+/m0/s1. The number of hydrogen-bond donors (Lipinski definition) is 0. The third-order valence-electron chi connectivity index (χ3n) is 7.36. The molecule has 126 valence electrons. The maximum absolute atomic E-state index is 3.03. The first-order valence-electron chi connectivity index (χ1n) is 10.4. The Morgan fingerprint density at radius 2 is 1.73 bits per heavy atom. The van der Waals surface area contributed by atoms with Crippen LogP contribution in [0.2, 0.25) is 0 Å². The Balaban J connectivity index is 1.55. The minimum Gasteiger partial charge on any atom is -0.300 e. The van der Waals surface area contributed by atoms with Gasteiger partial charge in [-0.05, 0) is 63.5 Å². The molecular formula is C20H36N2. The molecule has 0 aromatic rings. The minimum atomic E-state index is 0.930.